The standard InChI is InChI=1S/C11H8FN3S/c1-6-9-11(15-14-6)16-10(13-9)7-4-2-3-5-8(7)12/h2-5,9H,1H3. The molecule has 0 fully saturated rings. The molecule has 0 N–H and O–H groups in total. The Morgan fingerprint density at radius 2 is 2.06 bits per heavy atom. The molecular formula is C11H8FN3S. The number of rotatable bonds is 1. The number of thioether (sulfide) groups is 1. The SMILES string of the molecule is CC1=NN=C2SC(c3ccccc3F)=NC12. The van der Waals surface area contributed by atoms with Crippen LogP contribution in [0.25, 0.3) is 0 Å². The smallest absolute Gasteiger partial charge is 0.141 e. The molecule has 80 valence electrons. The van der Waals surface area contributed by atoms with Gasteiger partial charge in [0.05, 0.1) is 5.71 Å². The predicted molar refractivity (Wildman–Crippen MR) is 64.9 cm³/mol. The van der Waals surface area contributed by atoms with Crippen molar-refractivity contribution in [3.05, 3.63) is 35.6 Å². The molecule has 1 aromatic rings. The van der Waals surface area contributed by atoms with E-state index < -0.39 is 0 Å². The van der Waals surface area contributed by atoms with Crippen molar-refractivity contribution in [3.63, 3.8) is 0 Å². The molecular weight excluding hydrogens is 225 g/mol. The van der Waals surface area contributed by atoms with Gasteiger partial charge < -0.3 is 0 Å². The van der Waals surface area contributed by atoms with E-state index in [1.165, 1.54) is 17.8 Å². The van der Waals surface area contributed by atoms with Crippen LogP contribution < -0.4 is 0 Å². The molecule has 2 aliphatic rings. The van der Waals surface area contributed by atoms with Crippen LogP contribution in [0, 0.1) is 5.82 Å². The average molecular weight is 233 g/mol. The third kappa shape index (κ3) is 1.39. The molecule has 0 saturated carbocycles. The maximum atomic E-state index is 13.6. The summed E-state index contributed by atoms with van der Waals surface area (Å²) < 4.78 is 13.6. The lowest BCUT2D eigenvalue weighted by Gasteiger charge is -2.00. The predicted octanol–water partition coefficient (Wildman–Crippen LogP) is 2.48. The highest BCUT2D eigenvalue weighted by Gasteiger charge is 2.33. The molecule has 1 atom stereocenters. The van der Waals surface area contributed by atoms with E-state index in [0.29, 0.717) is 10.6 Å². The van der Waals surface area contributed by atoms with Crippen molar-refractivity contribution in [1.82, 2.24) is 0 Å². The van der Waals surface area contributed by atoms with Crippen molar-refractivity contribution in [1.29, 1.82) is 0 Å². The van der Waals surface area contributed by atoms with Crippen molar-refractivity contribution in [3.8, 4) is 0 Å². The zero-order valence-corrected chi connectivity index (χ0v) is 9.33. The van der Waals surface area contributed by atoms with Crippen molar-refractivity contribution in [2.75, 3.05) is 0 Å². The zero-order valence-electron chi connectivity index (χ0n) is 8.51. The van der Waals surface area contributed by atoms with Crippen LogP contribution in [0.4, 0.5) is 4.39 Å². The number of nitrogens with zero attached hydrogens (tertiary/aromatic N) is 3. The minimum atomic E-state index is -0.246. The maximum Gasteiger partial charge on any atom is 0.141 e. The van der Waals surface area contributed by atoms with Crippen LogP contribution >= 0.6 is 11.8 Å². The van der Waals surface area contributed by atoms with Gasteiger partial charge in [-0.15, -0.1) is 5.10 Å². The lowest BCUT2D eigenvalue weighted by molar-refractivity contribution is 0.625. The second kappa shape index (κ2) is 3.52. The average Bonchev–Trinajstić information content (AvgIpc) is 2.82. The molecule has 2 heterocycles. The van der Waals surface area contributed by atoms with E-state index in [2.05, 4.69) is 15.2 Å². The first kappa shape index (κ1) is 9.72. The van der Waals surface area contributed by atoms with E-state index in [-0.39, 0.29) is 11.9 Å². The molecule has 0 saturated heterocycles. The highest BCUT2D eigenvalue weighted by molar-refractivity contribution is 8.27. The summed E-state index contributed by atoms with van der Waals surface area (Å²) in [5.41, 5.74) is 1.41. The molecule has 0 aromatic heterocycles. The van der Waals surface area contributed by atoms with E-state index >= 15 is 0 Å². The van der Waals surface area contributed by atoms with Crippen molar-refractivity contribution in [2.24, 2.45) is 15.2 Å². The van der Waals surface area contributed by atoms with Gasteiger partial charge in [0.1, 0.15) is 21.9 Å². The Morgan fingerprint density at radius 3 is 2.81 bits per heavy atom. The number of benzene rings is 1. The van der Waals surface area contributed by atoms with Gasteiger partial charge in [-0.25, -0.2) is 4.39 Å². The van der Waals surface area contributed by atoms with Crippen LogP contribution in [0.2, 0.25) is 0 Å². The monoisotopic (exact) mass is 233 g/mol. The normalized spacial score (nSPS) is 22.6. The van der Waals surface area contributed by atoms with Gasteiger partial charge in [-0.2, -0.15) is 5.10 Å². The van der Waals surface area contributed by atoms with Gasteiger partial charge in [0, 0.05) is 5.56 Å². The Morgan fingerprint density at radius 1 is 1.25 bits per heavy atom. The summed E-state index contributed by atoms with van der Waals surface area (Å²) >= 11 is 1.40. The lowest BCUT2D eigenvalue weighted by Crippen LogP contribution is -2.15. The molecule has 3 nitrogen and oxygen atoms in total. The van der Waals surface area contributed by atoms with E-state index in [9.17, 15) is 4.39 Å². The fraction of sp³-hybridized carbons (Fsp3) is 0.182. The third-order valence-corrected chi connectivity index (χ3v) is 3.52. The second-order valence-corrected chi connectivity index (χ2v) is 4.61. The first-order chi connectivity index (χ1) is 7.75. The molecule has 0 bridgehead atoms. The molecule has 3 rings (SSSR count). The van der Waals surface area contributed by atoms with Crippen molar-refractivity contribution >= 4 is 27.6 Å². The molecule has 0 aliphatic carbocycles. The topological polar surface area (TPSA) is 37.1 Å². The van der Waals surface area contributed by atoms with E-state index in [1.54, 1.807) is 18.2 Å². The van der Waals surface area contributed by atoms with Gasteiger partial charge in [-0.1, -0.05) is 12.1 Å². The maximum absolute atomic E-state index is 13.6. The Bertz CT molecular complexity index is 548. The van der Waals surface area contributed by atoms with Gasteiger partial charge in [0.25, 0.3) is 0 Å². The Kier molecular flexibility index (Phi) is 2.14. The quantitative estimate of drug-likeness (QED) is 0.734. The summed E-state index contributed by atoms with van der Waals surface area (Å²) in [6.07, 6.45) is 0. The lowest BCUT2D eigenvalue weighted by atomic mass is 10.2. The van der Waals surface area contributed by atoms with E-state index in [4.69, 9.17) is 0 Å². The van der Waals surface area contributed by atoms with E-state index in [1.807, 2.05) is 6.92 Å². The van der Waals surface area contributed by atoms with Crippen LogP contribution in [0.3, 0.4) is 0 Å². The Balaban J connectivity index is 2.00. The summed E-state index contributed by atoms with van der Waals surface area (Å²) in [4.78, 5) is 4.44. The molecule has 0 radical (unpaired) electrons. The summed E-state index contributed by atoms with van der Waals surface area (Å²) in [6, 6.07) is 6.56. The highest BCUT2D eigenvalue weighted by atomic mass is 32.2. The largest absolute Gasteiger partial charge is 0.261 e. The van der Waals surface area contributed by atoms with Crippen LogP contribution in [-0.4, -0.2) is 21.8 Å². The fourth-order valence-electron chi connectivity index (χ4n) is 1.64. The number of hydrogen-bond donors (Lipinski definition) is 0. The van der Waals surface area contributed by atoms with Crippen LogP contribution in [0.5, 0.6) is 0 Å². The summed E-state index contributed by atoms with van der Waals surface area (Å²) in [7, 11) is 0. The fourth-order valence-corrected chi connectivity index (χ4v) is 2.69. The number of fused-ring (bicyclic) bond motifs is 1. The van der Waals surface area contributed by atoms with Crippen LogP contribution in [0.1, 0.15) is 12.5 Å². The summed E-state index contributed by atoms with van der Waals surface area (Å²) in [6.45, 7) is 1.88. The zero-order chi connectivity index (χ0) is 11.1. The minimum Gasteiger partial charge on any atom is -0.261 e. The van der Waals surface area contributed by atoms with E-state index in [0.717, 1.165) is 10.8 Å². The first-order valence-corrected chi connectivity index (χ1v) is 5.70. The molecule has 5 heteroatoms. The number of halogens is 1. The third-order valence-electron chi connectivity index (χ3n) is 2.49. The molecule has 0 amide bonds. The summed E-state index contributed by atoms with van der Waals surface area (Å²) in [5, 5.41) is 9.50. The molecule has 2 aliphatic heterocycles. The molecule has 1 aromatic carbocycles. The molecule has 0 spiro atoms. The van der Waals surface area contributed by atoms with Gasteiger partial charge in [-0.3, -0.25) is 4.99 Å². The second-order valence-electron chi connectivity index (χ2n) is 3.60. The van der Waals surface area contributed by atoms with Gasteiger partial charge >= 0.3 is 0 Å². The minimum absolute atomic E-state index is 0.0837. The van der Waals surface area contributed by atoms with Crippen molar-refractivity contribution < 1.29 is 4.39 Å². The molecule has 1 unspecified atom stereocenters. The van der Waals surface area contributed by atoms with Crippen LogP contribution in [-0.2, 0) is 0 Å². The number of aliphatic imine (C=N–C) groups is 1. The molecule has 16 heavy (non-hydrogen) atoms. The van der Waals surface area contributed by atoms with Crippen molar-refractivity contribution in [2.45, 2.75) is 13.0 Å². The summed E-state index contributed by atoms with van der Waals surface area (Å²) in [5.74, 6) is -0.246. The van der Waals surface area contributed by atoms with Crippen LogP contribution in [0.15, 0.2) is 39.5 Å². The van der Waals surface area contributed by atoms with Gasteiger partial charge in [0.15, 0.2) is 0 Å². The Hall–Kier alpha value is -1.49. The number of hydrogen-bond acceptors (Lipinski definition) is 4. The van der Waals surface area contributed by atoms with Gasteiger partial charge in [-0.05, 0) is 30.8 Å². The van der Waals surface area contributed by atoms with Gasteiger partial charge in [0.2, 0.25) is 0 Å². The highest BCUT2D eigenvalue weighted by Crippen LogP contribution is 2.30. The Labute approximate surface area is 96.2 Å². The first-order valence-electron chi connectivity index (χ1n) is 4.88.